The van der Waals surface area contributed by atoms with Crippen LogP contribution in [0.4, 0.5) is 0 Å². The average molecular weight is 298 g/mol. The number of ketones is 2. The molecule has 0 saturated carbocycles. The number of carbonyl (C=O) groups excluding carboxylic acids is 2. The van der Waals surface area contributed by atoms with E-state index in [0.29, 0.717) is 22.6 Å². The molecule has 0 saturated heterocycles. The van der Waals surface area contributed by atoms with Gasteiger partial charge in [-0.3, -0.25) is 9.59 Å². The minimum absolute atomic E-state index is 0.00881. The van der Waals surface area contributed by atoms with Gasteiger partial charge in [0.1, 0.15) is 0 Å². The number of nitrogens with zero attached hydrogens (tertiary/aromatic N) is 2. The molecule has 1 aromatic rings. The van der Waals surface area contributed by atoms with Crippen molar-refractivity contribution in [3.63, 3.8) is 0 Å². The lowest BCUT2D eigenvalue weighted by Crippen LogP contribution is -2.26. The van der Waals surface area contributed by atoms with Gasteiger partial charge >= 0.3 is 0 Å². The second-order valence-corrected chi connectivity index (χ2v) is 6.05. The van der Waals surface area contributed by atoms with Gasteiger partial charge in [-0.1, -0.05) is 29.8 Å². The van der Waals surface area contributed by atoms with Gasteiger partial charge in [0.15, 0.2) is 11.0 Å². The first-order valence-corrected chi connectivity index (χ1v) is 7.42. The molecule has 21 heavy (non-hydrogen) atoms. The smallest absolute Gasteiger partial charge is 0.201 e. The molecule has 4 nitrogen and oxygen atoms in total. The zero-order valence-corrected chi connectivity index (χ0v) is 12.6. The Hall–Kier alpha value is -2.14. The van der Waals surface area contributed by atoms with Gasteiger partial charge in [0, 0.05) is 23.5 Å². The fraction of sp³-hybridized carbons (Fsp3) is 0.188. The molecule has 2 aliphatic heterocycles. The fourth-order valence-corrected chi connectivity index (χ4v) is 3.03. The summed E-state index contributed by atoms with van der Waals surface area (Å²) < 4.78 is 0. The maximum Gasteiger partial charge on any atom is 0.201 e. The lowest BCUT2D eigenvalue weighted by Gasteiger charge is -2.19. The minimum Gasteiger partial charge on any atom is -0.321 e. The topological polar surface area (TPSA) is 49.7 Å². The first-order valence-electron chi connectivity index (χ1n) is 6.60. The number of aliphatic imine (C=N–C) groups is 1. The predicted molar refractivity (Wildman–Crippen MR) is 84.1 cm³/mol. The van der Waals surface area contributed by atoms with Gasteiger partial charge in [-0.15, -0.1) is 0 Å². The largest absolute Gasteiger partial charge is 0.321 e. The van der Waals surface area contributed by atoms with Crippen LogP contribution < -0.4 is 0 Å². The summed E-state index contributed by atoms with van der Waals surface area (Å²) in [6, 6.07) is 7.51. The van der Waals surface area contributed by atoms with Gasteiger partial charge in [-0.2, -0.15) is 0 Å². The number of carbonyl (C=O) groups is 2. The Balaban J connectivity index is 1.81. The van der Waals surface area contributed by atoms with E-state index in [2.05, 4.69) is 4.99 Å². The van der Waals surface area contributed by atoms with Crippen LogP contribution in [-0.2, 0) is 4.79 Å². The van der Waals surface area contributed by atoms with Crippen molar-refractivity contribution < 1.29 is 9.59 Å². The molecule has 1 aromatic carbocycles. The van der Waals surface area contributed by atoms with E-state index in [1.165, 1.54) is 18.7 Å². The molecule has 0 atom stereocenters. The first-order chi connectivity index (χ1) is 10.0. The molecule has 0 aliphatic carbocycles. The van der Waals surface area contributed by atoms with Crippen molar-refractivity contribution in [2.45, 2.75) is 13.8 Å². The van der Waals surface area contributed by atoms with Gasteiger partial charge in [0.25, 0.3) is 0 Å². The van der Waals surface area contributed by atoms with E-state index in [1.807, 2.05) is 36.1 Å². The van der Waals surface area contributed by atoms with Gasteiger partial charge in [0.05, 0.1) is 11.4 Å². The molecule has 0 spiro atoms. The summed E-state index contributed by atoms with van der Waals surface area (Å²) in [6.07, 6.45) is 3.37. The average Bonchev–Trinajstić information content (AvgIpc) is 2.90. The summed E-state index contributed by atoms with van der Waals surface area (Å²) in [6.45, 7) is 3.99. The Bertz CT molecular complexity index is 714. The summed E-state index contributed by atoms with van der Waals surface area (Å²) in [5.41, 5.74) is 2.44. The van der Waals surface area contributed by atoms with Gasteiger partial charge < -0.3 is 4.90 Å². The number of rotatable bonds is 3. The van der Waals surface area contributed by atoms with Crippen molar-refractivity contribution in [3.8, 4) is 0 Å². The molecule has 0 N–H and O–H groups in total. The molecule has 5 heteroatoms. The van der Waals surface area contributed by atoms with E-state index >= 15 is 0 Å². The molecule has 0 bridgehead atoms. The van der Waals surface area contributed by atoms with Gasteiger partial charge in [-0.25, -0.2) is 4.99 Å². The molecule has 0 aromatic heterocycles. The quantitative estimate of drug-likeness (QED) is 0.805. The molecular weight excluding hydrogens is 284 g/mol. The van der Waals surface area contributed by atoms with E-state index in [0.717, 1.165) is 10.7 Å². The lowest BCUT2D eigenvalue weighted by atomic mass is 10.1. The second-order valence-electron chi connectivity index (χ2n) is 5.04. The van der Waals surface area contributed by atoms with Crippen LogP contribution in [0.2, 0.25) is 0 Å². The highest BCUT2D eigenvalue weighted by Crippen LogP contribution is 2.33. The molecule has 0 radical (unpaired) electrons. The lowest BCUT2D eigenvalue weighted by molar-refractivity contribution is -0.113. The van der Waals surface area contributed by atoms with Gasteiger partial charge in [0.2, 0.25) is 5.78 Å². The maximum absolute atomic E-state index is 12.5. The van der Waals surface area contributed by atoms with Crippen molar-refractivity contribution >= 4 is 28.5 Å². The number of fused-ring (bicyclic) bond motifs is 1. The molecule has 2 heterocycles. The molecule has 3 rings (SSSR count). The number of Topliss-reactive ketones (excluding diaryl/α,β-unsaturated/α-hetero) is 2. The fourth-order valence-electron chi connectivity index (χ4n) is 2.11. The van der Waals surface area contributed by atoms with Crippen molar-refractivity contribution in [1.82, 2.24) is 4.90 Å². The summed E-state index contributed by atoms with van der Waals surface area (Å²) in [5, 5.41) is 0.746. The highest BCUT2D eigenvalue weighted by Gasteiger charge is 2.29. The van der Waals surface area contributed by atoms with E-state index in [4.69, 9.17) is 0 Å². The summed E-state index contributed by atoms with van der Waals surface area (Å²) in [4.78, 5) is 30.6. The van der Waals surface area contributed by atoms with Crippen LogP contribution in [0, 0.1) is 6.92 Å². The Morgan fingerprint density at radius 2 is 1.95 bits per heavy atom. The van der Waals surface area contributed by atoms with Crippen LogP contribution in [0.5, 0.6) is 0 Å². The zero-order valence-electron chi connectivity index (χ0n) is 11.8. The molecule has 0 fully saturated rings. The number of allylic oxidation sites excluding steroid dienone is 1. The number of aryl methyl sites for hydroxylation is 1. The number of benzene rings is 1. The van der Waals surface area contributed by atoms with Crippen LogP contribution in [0.15, 0.2) is 52.1 Å². The third-order valence-electron chi connectivity index (χ3n) is 3.38. The Morgan fingerprint density at radius 1 is 1.24 bits per heavy atom. The molecule has 106 valence electrons. The van der Waals surface area contributed by atoms with Crippen LogP contribution in [0.3, 0.4) is 0 Å². The van der Waals surface area contributed by atoms with Gasteiger partial charge in [-0.05, 0) is 25.6 Å². The van der Waals surface area contributed by atoms with Crippen molar-refractivity contribution in [2.24, 2.45) is 4.99 Å². The van der Waals surface area contributed by atoms with Crippen molar-refractivity contribution in [3.05, 3.63) is 58.3 Å². The predicted octanol–water partition coefficient (Wildman–Crippen LogP) is 2.91. The Kier molecular flexibility index (Phi) is 3.51. The Labute approximate surface area is 127 Å². The second kappa shape index (κ2) is 5.33. The molecular formula is C16H14N2O2S. The monoisotopic (exact) mass is 298 g/mol. The molecule has 2 aliphatic rings. The SMILES string of the molecule is CC(=O)C1=CN=C2SC(C(=O)c3ccc(C)cc3)=CN2C1. The van der Waals surface area contributed by atoms with Crippen molar-refractivity contribution in [1.29, 1.82) is 0 Å². The standard InChI is InChI=1S/C16H14N2O2S/c1-10-3-5-12(6-4-10)15(20)14-9-18-8-13(11(2)19)7-17-16(18)21-14/h3-7,9H,8H2,1-2H3. The van der Waals surface area contributed by atoms with E-state index in [1.54, 1.807) is 12.4 Å². The highest BCUT2D eigenvalue weighted by molar-refractivity contribution is 8.18. The Morgan fingerprint density at radius 3 is 2.62 bits per heavy atom. The summed E-state index contributed by atoms with van der Waals surface area (Å²) in [7, 11) is 0. The summed E-state index contributed by atoms with van der Waals surface area (Å²) >= 11 is 1.35. The highest BCUT2D eigenvalue weighted by atomic mass is 32.2. The minimum atomic E-state index is -0.0125. The number of amidine groups is 1. The third-order valence-corrected chi connectivity index (χ3v) is 4.41. The molecule has 0 unspecified atom stereocenters. The number of thioether (sulfide) groups is 1. The maximum atomic E-state index is 12.5. The molecule has 0 amide bonds. The van der Waals surface area contributed by atoms with Crippen LogP contribution in [-0.4, -0.2) is 28.2 Å². The van der Waals surface area contributed by atoms with Crippen LogP contribution in [0.25, 0.3) is 0 Å². The van der Waals surface area contributed by atoms with E-state index < -0.39 is 0 Å². The van der Waals surface area contributed by atoms with Crippen LogP contribution >= 0.6 is 11.8 Å². The number of hydrogen-bond acceptors (Lipinski definition) is 5. The van der Waals surface area contributed by atoms with Crippen molar-refractivity contribution in [2.75, 3.05) is 6.54 Å². The van der Waals surface area contributed by atoms with E-state index in [9.17, 15) is 9.59 Å². The normalized spacial score (nSPS) is 16.9. The van der Waals surface area contributed by atoms with E-state index in [-0.39, 0.29) is 11.6 Å². The first kappa shape index (κ1) is 13.8. The zero-order chi connectivity index (χ0) is 15.0. The summed E-state index contributed by atoms with van der Waals surface area (Å²) in [5.74, 6) is -0.00372. The number of hydrogen-bond donors (Lipinski definition) is 0. The third kappa shape index (κ3) is 2.69. The van der Waals surface area contributed by atoms with Crippen LogP contribution in [0.1, 0.15) is 22.8 Å².